The Morgan fingerprint density at radius 3 is 2.29 bits per heavy atom. The van der Waals surface area contributed by atoms with Crippen molar-refractivity contribution in [3.05, 3.63) is 11.9 Å². The summed E-state index contributed by atoms with van der Waals surface area (Å²) < 4.78 is 0. The summed E-state index contributed by atoms with van der Waals surface area (Å²) in [4.78, 5) is 11.7. The molecule has 0 radical (unpaired) electrons. The maximum Gasteiger partial charge on any atom is 0.137 e. The van der Waals surface area contributed by atoms with Crippen LogP contribution in [0.25, 0.3) is 0 Å². The minimum absolute atomic E-state index is 0.899. The van der Waals surface area contributed by atoms with Gasteiger partial charge < -0.3 is 10.2 Å². The zero-order valence-electron chi connectivity index (χ0n) is 13.4. The Balaban J connectivity index is 1.81. The fourth-order valence-electron chi connectivity index (χ4n) is 2.87. The standard InChI is InChI=1S/C17H28N4/c1-3-9-18-16-15(4-2)17(20-12-19-16)21(10-13-5-6-13)11-14-7-8-14/h12-14H,3-11H2,1-2H3,(H,18,19,20). The SMILES string of the molecule is CCCNc1ncnc(N(CC2CC2)CC2CC2)c1CC. The zero-order chi connectivity index (χ0) is 14.7. The molecule has 21 heavy (non-hydrogen) atoms. The summed E-state index contributed by atoms with van der Waals surface area (Å²) in [5.41, 5.74) is 1.30. The number of hydrogen-bond donors (Lipinski definition) is 1. The fourth-order valence-corrected chi connectivity index (χ4v) is 2.87. The summed E-state index contributed by atoms with van der Waals surface area (Å²) in [6.07, 6.45) is 9.44. The molecule has 2 aliphatic rings. The summed E-state index contributed by atoms with van der Waals surface area (Å²) in [5, 5.41) is 3.47. The van der Waals surface area contributed by atoms with Gasteiger partial charge in [-0.05, 0) is 50.4 Å². The normalized spacial score (nSPS) is 17.8. The number of nitrogens with zero attached hydrogens (tertiary/aromatic N) is 3. The highest BCUT2D eigenvalue weighted by atomic mass is 15.2. The van der Waals surface area contributed by atoms with Crippen LogP contribution in [0.1, 0.15) is 51.5 Å². The van der Waals surface area contributed by atoms with Gasteiger partial charge >= 0.3 is 0 Å². The van der Waals surface area contributed by atoms with E-state index in [1.165, 1.54) is 50.2 Å². The molecular weight excluding hydrogens is 260 g/mol. The van der Waals surface area contributed by atoms with Crippen molar-refractivity contribution in [1.82, 2.24) is 9.97 Å². The average Bonchev–Trinajstić information content (AvgIpc) is 3.39. The highest BCUT2D eigenvalue weighted by molar-refractivity contribution is 5.59. The van der Waals surface area contributed by atoms with Crippen LogP contribution in [-0.4, -0.2) is 29.6 Å². The van der Waals surface area contributed by atoms with Crippen molar-refractivity contribution in [1.29, 1.82) is 0 Å². The van der Waals surface area contributed by atoms with Gasteiger partial charge in [-0.15, -0.1) is 0 Å². The van der Waals surface area contributed by atoms with E-state index in [0.717, 1.165) is 37.0 Å². The van der Waals surface area contributed by atoms with Crippen LogP contribution in [0.2, 0.25) is 0 Å². The first-order valence-corrected chi connectivity index (χ1v) is 8.64. The van der Waals surface area contributed by atoms with E-state index in [0.29, 0.717) is 0 Å². The van der Waals surface area contributed by atoms with Crippen molar-refractivity contribution in [2.75, 3.05) is 29.9 Å². The van der Waals surface area contributed by atoms with Gasteiger partial charge in [0.2, 0.25) is 0 Å². The van der Waals surface area contributed by atoms with Gasteiger partial charge in [0.15, 0.2) is 0 Å². The molecule has 0 saturated heterocycles. The summed E-state index contributed by atoms with van der Waals surface area (Å²) >= 11 is 0. The Morgan fingerprint density at radius 2 is 1.76 bits per heavy atom. The lowest BCUT2D eigenvalue weighted by atomic mass is 10.2. The maximum absolute atomic E-state index is 4.66. The number of nitrogens with one attached hydrogen (secondary N) is 1. The van der Waals surface area contributed by atoms with E-state index in [1.807, 2.05) is 0 Å². The molecule has 2 aliphatic carbocycles. The third-order valence-electron chi connectivity index (χ3n) is 4.47. The van der Waals surface area contributed by atoms with Crippen molar-refractivity contribution in [3.63, 3.8) is 0 Å². The molecule has 4 nitrogen and oxygen atoms in total. The van der Waals surface area contributed by atoms with Crippen LogP contribution in [-0.2, 0) is 6.42 Å². The third-order valence-corrected chi connectivity index (χ3v) is 4.47. The van der Waals surface area contributed by atoms with Crippen LogP contribution < -0.4 is 10.2 Å². The van der Waals surface area contributed by atoms with E-state index in [1.54, 1.807) is 6.33 Å². The maximum atomic E-state index is 4.66. The van der Waals surface area contributed by atoms with Crippen LogP contribution >= 0.6 is 0 Å². The molecule has 0 amide bonds. The molecule has 1 heterocycles. The Hall–Kier alpha value is -1.32. The van der Waals surface area contributed by atoms with Crippen LogP contribution in [0.3, 0.4) is 0 Å². The second kappa shape index (κ2) is 6.63. The Morgan fingerprint density at radius 1 is 1.10 bits per heavy atom. The van der Waals surface area contributed by atoms with E-state index >= 15 is 0 Å². The lowest BCUT2D eigenvalue weighted by molar-refractivity contribution is 0.667. The van der Waals surface area contributed by atoms with Crippen molar-refractivity contribution < 1.29 is 0 Å². The van der Waals surface area contributed by atoms with Gasteiger partial charge in [-0.1, -0.05) is 13.8 Å². The van der Waals surface area contributed by atoms with E-state index in [-0.39, 0.29) is 0 Å². The minimum atomic E-state index is 0.899. The summed E-state index contributed by atoms with van der Waals surface area (Å²) in [6, 6.07) is 0. The summed E-state index contributed by atoms with van der Waals surface area (Å²) in [6.45, 7) is 7.76. The molecule has 0 atom stereocenters. The van der Waals surface area contributed by atoms with Crippen molar-refractivity contribution >= 4 is 11.6 Å². The van der Waals surface area contributed by atoms with Crippen LogP contribution in [0.4, 0.5) is 11.6 Å². The second-order valence-electron chi connectivity index (χ2n) is 6.60. The largest absolute Gasteiger partial charge is 0.370 e. The average molecular weight is 288 g/mol. The molecule has 2 fully saturated rings. The number of rotatable bonds is 9. The molecule has 116 valence electrons. The van der Waals surface area contributed by atoms with Gasteiger partial charge in [-0.25, -0.2) is 9.97 Å². The van der Waals surface area contributed by atoms with E-state index in [2.05, 4.69) is 34.0 Å². The van der Waals surface area contributed by atoms with Gasteiger partial charge in [0.05, 0.1) is 0 Å². The fraction of sp³-hybridized carbons (Fsp3) is 0.765. The van der Waals surface area contributed by atoms with Gasteiger partial charge in [0.1, 0.15) is 18.0 Å². The molecule has 1 N–H and O–H groups in total. The third kappa shape index (κ3) is 3.86. The molecule has 0 unspecified atom stereocenters. The molecule has 0 aliphatic heterocycles. The first kappa shape index (κ1) is 14.6. The molecule has 0 bridgehead atoms. The second-order valence-corrected chi connectivity index (χ2v) is 6.60. The predicted molar refractivity (Wildman–Crippen MR) is 87.9 cm³/mol. The van der Waals surface area contributed by atoms with Crippen molar-refractivity contribution in [2.24, 2.45) is 11.8 Å². The van der Waals surface area contributed by atoms with E-state index in [4.69, 9.17) is 0 Å². The lowest BCUT2D eigenvalue weighted by Gasteiger charge is -2.26. The topological polar surface area (TPSA) is 41.1 Å². The van der Waals surface area contributed by atoms with Crippen LogP contribution in [0.15, 0.2) is 6.33 Å². The minimum Gasteiger partial charge on any atom is -0.370 e. The van der Waals surface area contributed by atoms with Gasteiger partial charge in [0.25, 0.3) is 0 Å². The number of anilines is 2. The first-order chi connectivity index (χ1) is 10.3. The van der Waals surface area contributed by atoms with Crippen molar-refractivity contribution in [3.8, 4) is 0 Å². The smallest absolute Gasteiger partial charge is 0.137 e. The molecule has 0 spiro atoms. The Bertz CT molecular complexity index is 452. The lowest BCUT2D eigenvalue weighted by Crippen LogP contribution is -2.30. The number of aromatic nitrogens is 2. The van der Waals surface area contributed by atoms with Crippen LogP contribution in [0.5, 0.6) is 0 Å². The van der Waals surface area contributed by atoms with E-state index in [9.17, 15) is 0 Å². The van der Waals surface area contributed by atoms with Gasteiger partial charge in [0, 0.05) is 25.2 Å². The van der Waals surface area contributed by atoms with Crippen LogP contribution in [0, 0.1) is 11.8 Å². The molecule has 1 aromatic heterocycles. The van der Waals surface area contributed by atoms with Gasteiger partial charge in [-0.2, -0.15) is 0 Å². The monoisotopic (exact) mass is 288 g/mol. The van der Waals surface area contributed by atoms with E-state index < -0.39 is 0 Å². The quantitative estimate of drug-likeness (QED) is 0.755. The predicted octanol–water partition coefficient (Wildman–Crippen LogP) is 3.49. The molecule has 3 rings (SSSR count). The molecule has 4 heteroatoms. The zero-order valence-corrected chi connectivity index (χ0v) is 13.4. The Kier molecular flexibility index (Phi) is 4.61. The molecule has 1 aromatic rings. The summed E-state index contributed by atoms with van der Waals surface area (Å²) in [7, 11) is 0. The first-order valence-electron chi connectivity index (χ1n) is 8.64. The summed E-state index contributed by atoms with van der Waals surface area (Å²) in [5.74, 6) is 4.02. The molecular formula is C17H28N4. The van der Waals surface area contributed by atoms with Crippen molar-refractivity contribution in [2.45, 2.75) is 52.4 Å². The highest BCUT2D eigenvalue weighted by Gasteiger charge is 2.31. The molecule has 0 aromatic carbocycles. The Labute approximate surface area is 128 Å². The van der Waals surface area contributed by atoms with Gasteiger partial charge in [-0.3, -0.25) is 0 Å². The number of hydrogen-bond acceptors (Lipinski definition) is 4. The highest BCUT2D eigenvalue weighted by Crippen LogP contribution is 2.36. The molecule has 2 saturated carbocycles.